The van der Waals surface area contributed by atoms with Gasteiger partial charge in [-0.2, -0.15) is 0 Å². The Labute approximate surface area is 158 Å². The highest BCUT2D eigenvalue weighted by molar-refractivity contribution is 5.91. The Morgan fingerprint density at radius 2 is 2.04 bits per heavy atom. The van der Waals surface area contributed by atoms with Crippen molar-refractivity contribution in [2.24, 2.45) is 5.41 Å². The van der Waals surface area contributed by atoms with E-state index in [1.807, 2.05) is 13.8 Å². The topological polar surface area (TPSA) is 88.1 Å². The van der Waals surface area contributed by atoms with E-state index in [0.717, 1.165) is 6.26 Å². The van der Waals surface area contributed by atoms with Crippen LogP contribution in [0.2, 0.25) is 0 Å². The van der Waals surface area contributed by atoms with Gasteiger partial charge < -0.3 is 18.9 Å². The molecule has 0 aromatic rings. The van der Waals surface area contributed by atoms with E-state index in [1.165, 1.54) is 19.3 Å². The summed E-state index contributed by atoms with van der Waals surface area (Å²) in [6.45, 7) is 11.1. The molecule has 0 saturated carbocycles. The van der Waals surface area contributed by atoms with E-state index >= 15 is 0 Å². The smallest absolute Gasteiger partial charge is 0.340 e. The first-order valence-electron chi connectivity index (χ1n) is 8.43. The lowest BCUT2D eigenvalue weighted by molar-refractivity contribution is -0.152. The van der Waals surface area contributed by atoms with Gasteiger partial charge in [0, 0.05) is 17.1 Å². The molecule has 7 heteroatoms. The Morgan fingerprint density at radius 3 is 2.48 bits per heavy atom. The highest BCUT2D eigenvalue weighted by Crippen LogP contribution is 2.48. The summed E-state index contributed by atoms with van der Waals surface area (Å²) in [5, 5.41) is 0. The molecule has 0 aromatic carbocycles. The third-order valence-electron chi connectivity index (χ3n) is 4.68. The number of rotatable bonds is 6. The number of ether oxygens (including phenoxy) is 4. The molecule has 27 heavy (non-hydrogen) atoms. The first-order valence-corrected chi connectivity index (χ1v) is 8.43. The third-order valence-corrected chi connectivity index (χ3v) is 4.68. The normalized spacial score (nSPS) is 27.2. The fourth-order valence-corrected chi connectivity index (χ4v) is 3.11. The van der Waals surface area contributed by atoms with Crippen LogP contribution in [0.25, 0.3) is 0 Å². The predicted octanol–water partition coefficient (Wildman–Crippen LogP) is 2.73. The van der Waals surface area contributed by atoms with Gasteiger partial charge in [-0.25, -0.2) is 9.59 Å². The van der Waals surface area contributed by atoms with Crippen LogP contribution in [0.4, 0.5) is 0 Å². The summed E-state index contributed by atoms with van der Waals surface area (Å²) < 4.78 is 20.6. The van der Waals surface area contributed by atoms with Crippen LogP contribution in [0.3, 0.4) is 0 Å². The molecule has 0 amide bonds. The molecule has 2 heterocycles. The van der Waals surface area contributed by atoms with Gasteiger partial charge in [0.1, 0.15) is 6.26 Å². The zero-order valence-electron chi connectivity index (χ0n) is 16.2. The van der Waals surface area contributed by atoms with Crippen molar-refractivity contribution < 1.29 is 33.3 Å². The van der Waals surface area contributed by atoms with Crippen molar-refractivity contribution in [2.45, 2.75) is 46.0 Å². The molecule has 2 atom stereocenters. The summed E-state index contributed by atoms with van der Waals surface area (Å²) in [7, 11) is 1.23. The monoisotopic (exact) mass is 376 g/mol. The van der Waals surface area contributed by atoms with E-state index in [0.29, 0.717) is 11.1 Å². The molecular formula is C20H24O7. The van der Waals surface area contributed by atoms with Crippen molar-refractivity contribution >= 4 is 17.9 Å². The van der Waals surface area contributed by atoms with Crippen molar-refractivity contribution in [3.05, 3.63) is 47.8 Å². The summed E-state index contributed by atoms with van der Waals surface area (Å²) >= 11 is 0. The van der Waals surface area contributed by atoms with Crippen LogP contribution in [-0.4, -0.2) is 36.9 Å². The van der Waals surface area contributed by atoms with Gasteiger partial charge in [-0.15, -0.1) is 0 Å². The van der Waals surface area contributed by atoms with Crippen molar-refractivity contribution in [2.75, 3.05) is 7.11 Å². The first-order chi connectivity index (χ1) is 12.5. The van der Waals surface area contributed by atoms with Crippen LogP contribution in [0.1, 0.15) is 34.1 Å². The van der Waals surface area contributed by atoms with Crippen molar-refractivity contribution in [3.63, 3.8) is 0 Å². The second-order valence-electron chi connectivity index (χ2n) is 7.21. The number of carbonyl (C=O) groups is 3. The lowest BCUT2D eigenvalue weighted by Gasteiger charge is -2.37. The number of carbonyl (C=O) groups excluding carboxylic acids is 3. The maximum absolute atomic E-state index is 12.1. The SMILES string of the molecule is C=C(C)[C@@]1(/C=C/C(=C/OC2C=C(C)C(=O)O2)C(=O)OC)OC(=O)CC1(C)C. The molecule has 0 aromatic heterocycles. The molecule has 2 rings (SSSR count). The lowest BCUT2D eigenvalue weighted by Crippen LogP contribution is -2.40. The number of hydrogen-bond acceptors (Lipinski definition) is 7. The summed E-state index contributed by atoms with van der Waals surface area (Å²) in [5.41, 5.74) is -0.499. The van der Waals surface area contributed by atoms with Crippen molar-refractivity contribution in [3.8, 4) is 0 Å². The molecule has 2 aliphatic rings. The molecular weight excluding hydrogens is 352 g/mol. The van der Waals surface area contributed by atoms with Gasteiger partial charge in [-0.1, -0.05) is 20.4 Å². The summed E-state index contributed by atoms with van der Waals surface area (Å²) in [5.74, 6) is -1.48. The van der Waals surface area contributed by atoms with Gasteiger partial charge in [0.2, 0.25) is 0 Å². The molecule has 0 aliphatic carbocycles. The maximum Gasteiger partial charge on any atom is 0.340 e. The molecule has 146 valence electrons. The quantitative estimate of drug-likeness (QED) is 0.176. The minimum Gasteiger partial charge on any atom is -0.465 e. The highest BCUT2D eigenvalue weighted by Gasteiger charge is 2.54. The molecule has 2 aliphatic heterocycles. The zero-order chi connectivity index (χ0) is 20.4. The van der Waals surface area contributed by atoms with E-state index in [-0.39, 0.29) is 18.0 Å². The number of esters is 3. The van der Waals surface area contributed by atoms with E-state index in [4.69, 9.17) is 18.9 Å². The molecule has 1 unspecified atom stereocenters. The highest BCUT2D eigenvalue weighted by atomic mass is 16.7. The summed E-state index contributed by atoms with van der Waals surface area (Å²) in [6.07, 6.45) is 5.00. The number of methoxy groups -OCH3 is 1. The lowest BCUT2D eigenvalue weighted by atomic mass is 9.71. The van der Waals surface area contributed by atoms with Crippen LogP contribution in [-0.2, 0) is 33.3 Å². The van der Waals surface area contributed by atoms with Crippen molar-refractivity contribution in [1.29, 1.82) is 0 Å². The fourth-order valence-electron chi connectivity index (χ4n) is 3.11. The Hall–Kier alpha value is -2.83. The molecule has 0 spiro atoms. The van der Waals surface area contributed by atoms with E-state index in [1.54, 1.807) is 19.9 Å². The molecule has 1 fully saturated rings. The second kappa shape index (κ2) is 7.42. The van der Waals surface area contributed by atoms with Crippen LogP contribution >= 0.6 is 0 Å². The Morgan fingerprint density at radius 1 is 1.37 bits per heavy atom. The maximum atomic E-state index is 12.1. The molecule has 0 bridgehead atoms. The van der Waals surface area contributed by atoms with Gasteiger partial charge >= 0.3 is 17.9 Å². The minimum absolute atomic E-state index is 0.0610. The Bertz CT molecular complexity index is 769. The standard InChI is InChI=1S/C20H24O7/c1-12(2)20(19(4,5)10-15(21)27-20)8-7-14(18(23)24-6)11-25-16-9-13(3)17(22)26-16/h7-9,11,16H,1,10H2,2-6H3/b8-7+,14-11-/t16?,20-/m1/s1. The van der Waals surface area contributed by atoms with Crippen LogP contribution in [0, 0.1) is 5.41 Å². The first kappa shape index (κ1) is 20.5. The Balaban J connectivity index is 2.30. The molecule has 7 nitrogen and oxygen atoms in total. The Kier molecular flexibility index (Phi) is 5.63. The van der Waals surface area contributed by atoms with Gasteiger partial charge in [0.25, 0.3) is 6.29 Å². The van der Waals surface area contributed by atoms with E-state index < -0.39 is 29.2 Å². The van der Waals surface area contributed by atoms with Gasteiger partial charge in [0.15, 0.2) is 5.60 Å². The van der Waals surface area contributed by atoms with Gasteiger partial charge in [-0.05, 0) is 31.6 Å². The zero-order valence-corrected chi connectivity index (χ0v) is 16.2. The second-order valence-corrected chi connectivity index (χ2v) is 7.21. The number of hydrogen-bond donors (Lipinski definition) is 0. The molecule has 1 saturated heterocycles. The summed E-state index contributed by atoms with van der Waals surface area (Å²) in [6, 6.07) is 0. The van der Waals surface area contributed by atoms with Gasteiger partial charge in [-0.3, -0.25) is 4.79 Å². The third kappa shape index (κ3) is 3.97. The van der Waals surface area contributed by atoms with Crippen molar-refractivity contribution in [1.82, 2.24) is 0 Å². The molecule has 0 radical (unpaired) electrons. The fraction of sp³-hybridized carbons (Fsp3) is 0.450. The number of cyclic esters (lactones) is 2. The van der Waals surface area contributed by atoms with Crippen LogP contribution in [0.5, 0.6) is 0 Å². The van der Waals surface area contributed by atoms with Gasteiger partial charge in [0.05, 0.1) is 19.1 Å². The average Bonchev–Trinajstić information content (AvgIpc) is 3.02. The molecule has 0 N–H and O–H groups in total. The van der Waals surface area contributed by atoms with E-state index in [2.05, 4.69) is 6.58 Å². The van der Waals surface area contributed by atoms with E-state index in [9.17, 15) is 14.4 Å². The average molecular weight is 376 g/mol. The predicted molar refractivity (Wildman–Crippen MR) is 96.0 cm³/mol. The van der Waals surface area contributed by atoms with Crippen LogP contribution in [0.15, 0.2) is 47.8 Å². The largest absolute Gasteiger partial charge is 0.465 e. The minimum atomic E-state index is -1.06. The van der Waals surface area contributed by atoms with Crippen LogP contribution < -0.4 is 0 Å². The summed E-state index contributed by atoms with van der Waals surface area (Å²) in [4.78, 5) is 35.3.